The van der Waals surface area contributed by atoms with Crippen LogP contribution in [0, 0.1) is 0 Å². The number of hydrogen-bond donors (Lipinski definition) is 2. The topological polar surface area (TPSA) is 76.2 Å². The second-order valence-corrected chi connectivity index (χ2v) is 5.81. The van der Waals surface area contributed by atoms with E-state index in [1.54, 1.807) is 73.1 Å². The van der Waals surface area contributed by atoms with Gasteiger partial charge in [-0.1, -0.05) is 48.0 Å². The van der Waals surface area contributed by atoms with Crippen LogP contribution in [0.4, 0.5) is 0 Å². The highest BCUT2D eigenvalue weighted by Gasteiger charge is 2.36. The van der Waals surface area contributed by atoms with E-state index in [0.717, 1.165) is 0 Å². The lowest BCUT2D eigenvalue weighted by Gasteiger charge is -2.31. The lowest BCUT2D eigenvalue weighted by atomic mass is 9.79. The summed E-state index contributed by atoms with van der Waals surface area (Å²) in [6, 6.07) is 17.0. The summed E-state index contributed by atoms with van der Waals surface area (Å²) in [7, 11) is 0. The van der Waals surface area contributed by atoms with Crippen molar-refractivity contribution in [3.05, 3.63) is 100 Å². The third-order valence-electron chi connectivity index (χ3n) is 3.92. The summed E-state index contributed by atoms with van der Waals surface area (Å²) in [5.41, 5.74) is 5.66. The van der Waals surface area contributed by atoms with Gasteiger partial charge in [-0.2, -0.15) is 0 Å². The lowest BCUT2D eigenvalue weighted by Crippen LogP contribution is -2.32. The third kappa shape index (κ3) is 2.77. The van der Waals surface area contributed by atoms with E-state index in [1.807, 2.05) is 0 Å². The van der Waals surface area contributed by atoms with Crippen molar-refractivity contribution in [3.63, 3.8) is 0 Å². The van der Waals surface area contributed by atoms with Gasteiger partial charge in [0.2, 0.25) is 5.91 Å². The van der Waals surface area contributed by atoms with E-state index in [1.165, 1.54) is 0 Å². The fraction of sp³-hybridized carbons (Fsp3) is 0.0526. The molecule has 5 heteroatoms. The van der Waals surface area contributed by atoms with Crippen LogP contribution in [0.3, 0.4) is 0 Å². The number of primary amides is 1. The largest absolute Gasteiger partial charge is 0.376 e. The molecule has 4 nitrogen and oxygen atoms in total. The van der Waals surface area contributed by atoms with Gasteiger partial charge in [0.15, 0.2) is 0 Å². The van der Waals surface area contributed by atoms with Crippen LogP contribution < -0.4 is 5.73 Å². The molecule has 0 aliphatic rings. The van der Waals surface area contributed by atoms with E-state index in [9.17, 15) is 9.90 Å². The molecule has 0 saturated heterocycles. The summed E-state index contributed by atoms with van der Waals surface area (Å²) in [5.74, 6) is -0.609. The average molecular weight is 339 g/mol. The molecule has 3 rings (SSSR count). The normalized spacial score (nSPS) is 13.2. The molecular weight excluding hydrogens is 324 g/mol. The second kappa shape index (κ2) is 6.43. The minimum Gasteiger partial charge on any atom is -0.376 e. The number of halogens is 1. The standard InChI is InChI=1S/C19H15ClN2O2/c20-15-9-7-13(8-10-15)19(24,14-4-3-11-22-12-14)17-6-2-1-5-16(17)18(21)23/h1-12,24H,(H2,21,23). The highest BCUT2D eigenvalue weighted by atomic mass is 35.5. The van der Waals surface area contributed by atoms with Crippen molar-refractivity contribution in [3.8, 4) is 0 Å². The monoisotopic (exact) mass is 338 g/mol. The quantitative estimate of drug-likeness (QED) is 0.767. The maximum absolute atomic E-state index is 11.9. The van der Waals surface area contributed by atoms with E-state index in [-0.39, 0.29) is 5.56 Å². The first-order valence-corrected chi connectivity index (χ1v) is 7.69. The molecule has 1 heterocycles. The Morgan fingerprint density at radius 3 is 2.33 bits per heavy atom. The molecule has 1 amide bonds. The van der Waals surface area contributed by atoms with Crippen molar-refractivity contribution in [1.82, 2.24) is 4.98 Å². The Morgan fingerprint density at radius 1 is 1.00 bits per heavy atom. The summed E-state index contributed by atoms with van der Waals surface area (Å²) in [6.45, 7) is 0. The minimum atomic E-state index is -1.58. The fourth-order valence-corrected chi connectivity index (χ4v) is 2.89. The van der Waals surface area contributed by atoms with Crippen LogP contribution in [0.25, 0.3) is 0 Å². The van der Waals surface area contributed by atoms with Crippen LogP contribution in [-0.4, -0.2) is 16.0 Å². The Bertz CT molecular complexity index is 866. The number of amides is 1. The van der Waals surface area contributed by atoms with Crippen molar-refractivity contribution in [1.29, 1.82) is 0 Å². The number of aromatic nitrogens is 1. The first kappa shape index (κ1) is 16.2. The molecule has 0 spiro atoms. The molecule has 1 atom stereocenters. The van der Waals surface area contributed by atoms with Gasteiger partial charge in [0.25, 0.3) is 0 Å². The highest BCUT2D eigenvalue weighted by molar-refractivity contribution is 6.30. The number of nitrogens with zero attached hydrogens (tertiary/aromatic N) is 1. The van der Waals surface area contributed by atoms with Gasteiger partial charge < -0.3 is 10.8 Å². The molecule has 0 bridgehead atoms. The molecule has 0 fully saturated rings. The summed E-state index contributed by atoms with van der Waals surface area (Å²) in [5, 5.41) is 12.2. The van der Waals surface area contributed by atoms with Crippen molar-refractivity contribution in [2.75, 3.05) is 0 Å². The zero-order valence-electron chi connectivity index (χ0n) is 12.7. The lowest BCUT2D eigenvalue weighted by molar-refractivity contribution is 0.0975. The van der Waals surface area contributed by atoms with E-state index in [2.05, 4.69) is 4.98 Å². The van der Waals surface area contributed by atoms with Gasteiger partial charge in [0.1, 0.15) is 5.60 Å². The number of nitrogens with two attached hydrogens (primary N) is 1. The van der Waals surface area contributed by atoms with Gasteiger partial charge in [-0.15, -0.1) is 0 Å². The molecule has 1 aromatic heterocycles. The van der Waals surface area contributed by atoms with Gasteiger partial charge >= 0.3 is 0 Å². The van der Waals surface area contributed by atoms with Crippen molar-refractivity contribution >= 4 is 17.5 Å². The minimum absolute atomic E-state index is 0.249. The van der Waals surface area contributed by atoms with Gasteiger partial charge in [-0.05, 0) is 29.8 Å². The molecule has 2 aromatic carbocycles. The molecule has 0 aliphatic carbocycles. The zero-order chi connectivity index (χ0) is 17.2. The number of pyridine rings is 1. The number of carbonyl (C=O) groups is 1. The molecule has 24 heavy (non-hydrogen) atoms. The highest BCUT2D eigenvalue weighted by Crippen LogP contribution is 2.38. The van der Waals surface area contributed by atoms with Crippen LogP contribution in [0.5, 0.6) is 0 Å². The Hall–Kier alpha value is -2.69. The maximum atomic E-state index is 11.9. The Labute approximate surface area is 144 Å². The van der Waals surface area contributed by atoms with Crippen molar-refractivity contribution in [2.45, 2.75) is 5.60 Å². The van der Waals surface area contributed by atoms with Crippen LogP contribution in [0.1, 0.15) is 27.0 Å². The maximum Gasteiger partial charge on any atom is 0.249 e. The van der Waals surface area contributed by atoms with Crippen molar-refractivity contribution in [2.24, 2.45) is 5.73 Å². The Balaban J connectivity index is 2.32. The Kier molecular flexibility index (Phi) is 4.34. The Morgan fingerprint density at radius 2 is 1.71 bits per heavy atom. The molecule has 0 aliphatic heterocycles. The number of aliphatic hydroxyl groups is 1. The summed E-state index contributed by atoms with van der Waals surface area (Å²) in [4.78, 5) is 16.0. The smallest absolute Gasteiger partial charge is 0.249 e. The predicted molar refractivity (Wildman–Crippen MR) is 92.7 cm³/mol. The zero-order valence-corrected chi connectivity index (χ0v) is 13.4. The molecule has 3 aromatic rings. The first-order valence-electron chi connectivity index (χ1n) is 7.31. The number of hydrogen-bond acceptors (Lipinski definition) is 3. The third-order valence-corrected chi connectivity index (χ3v) is 4.18. The SMILES string of the molecule is NC(=O)c1ccccc1C(O)(c1ccc(Cl)cc1)c1cccnc1. The summed E-state index contributed by atoms with van der Waals surface area (Å²) >= 11 is 5.97. The van der Waals surface area contributed by atoms with Crippen LogP contribution >= 0.6 is 11.6 Å². The van der Waals surface area contributed by atoms with E-state index < -0.39 is 11.5 Å². The van der Waals surface area contributed by atoms with Crippen molar-refractivity contribution < 1.29 is 9.90 Å². The molecule has 0 saturated carbocycles. The molecular formula is C19H15ClN2O2. The van der Waals surface area contributed by atoms with Crippen LogP contribution in [-0.2, 0) is 5.60 Å². The molecule has 1 unspecified atom stereocenters. The fourth-order valence-electron chi connectivity index (χ4n) is 2.76. The van der Waals surface area contributed by atoms with E-state index in [4.69, 9.17) is 17.3 Å². The van der Waals surface area contributed by atoms with Gasteiger partial charge in [0.05, 0.1) is 0 Å². The average Bonchev–Trinajstić information content (AvgIpc) is 2.62. The van der Waals surface area contributed by atoms with Crippen LogP contribution in [0.15, 0.2) is 73.1 Å². The number of rotatable bonds is 4. The first-order chi connectivity index (χ1) is 11.5. The van der Waals surface area contributed by atoms with E-state index >= 15 is 0 Å². The molecule has 0 radical (unpaired) electrons. The number of carbonyl (C=O) groups excluding carboxylic acids is 1. The van der Waals surface area contributed by atoms with E-state index in [0.29, 0.717) is 21.7 Å². The summed E-state index contributed by atoms with van der Waals surface area (Å²) in [6.07, 6.45) is 3.18. The van der Waals surface area contributed by atoms with Crippen LogP contribution in [0.2, 0.25) is 5.02 Å². The summed E-state index contributed by atoms with van der Waals surface area (Å²) < 4.78 is 0. The predicted octanol–water partition coefficient (Wildman–Crippen LogP) is 3.12. The van der Waals surface area contributed by atoms with Gasteiger partial charge in [-0.25, -0.2) is 0 Å². The molecule has 120 valence electrons. The number of benzene rings is 2. The molecule has 3 N–H and O–H groups in total. The van der Waals surface area contributed by atoms with Gasteiger partial charge in [-0.3, -0.25) is 9.78 Å². The second-order valence-electron chi connectivity index (χ2n) is 5.37. The van der Waals surface area contributed by atoms with Gasteiger partial charge in [0, 0.05) is 34.1 Å².